The molecule has 0 radical (unpaired) electrons. The SMILES string of the molecule is CC(CC(=O)Nc1nnc(-c2cccnc2)s1)S(C)(=O)=O. The Morgan fingerprint density at radius 1 is 1.43 bits per heavy atom. The van der Waals surface area contributed by atoms with Crippen molar-refractivity contribution in [2.24, 2.45) is 0 Å². The highest BCUT2D eigenvalue weighted by Gasteiger charge is 2.19. The topological polar surface area (TPSA) is 102 Å². The van der Waals surface area contributed by atoms with E-state index in [2.05, 4.69) is 20.5 Å². The lowest BCUT2D eigenvalue weighted by Crippen LogP contribution is -2.23. The molecule has 2 aromatic heterocycles. The van der Waals surface area contributed by atoms with Crippen LogP contribution >= 0.6 is 11.3 Å². The molecule has 1 amide bonds. The summed E-state index contributed by atoms with van der Waals surface area (Å²) < 4.78 is 22.6. The molecule has 7 nitrogen and oxygen atoms in total. The van der Waals surface area contributed by atoms with Crippen molar-refractivity contribution in [1.29, 1.82) is 0 Å². The number of amides is 1. The Morgan fingerprint density at radius 3 is 2.81 bits per heavy atom. The summed E-state index contributed by atoms with van der Waals surface area (Å²) in [6.45, 7) is 1.50. The molecule has 0 spiro atoms. The maximum atomic E-state index is 11.8. The van der Waals surface area contributed by atoms with Gasteiger partial charge in [0.05, 0.1) is 5.25 Å². The lowest BCUT2D eigenvalue weighted by atomic mass is 10.3. The van der Waals surface area contributed by atoms with Crippen LogP contribution in [0, 0.1) is 0 Å². The van der Waals surface area contributed by atoms with E-state index < -0.39 is 21.0 Å². The number of anilines is 1. The molecule has 1 unspecified atom stereocenters. The second-order valence-corrected chi connectivity index (χ2v) is 7.99. The first-order valence-electron chi connectivity index (χ1n) is 6.09. The molecule has 0 fully saturated rings. The number of hydrogen-bond donors (Lipinski definition) is 1. The molecular weight excluding hydrogens is 312 g/mol. The van der Waals surface area contributed by atoms with Crippen LogP contribution in [0.1, 0.15) is 13.3 Å². The van der Waals surface area contributed by atoms with Gasteiger partial charge in [0.1, 0.15) is 0 Å². The van der Waals surface area contributed by atoms with Crippen molar-refractivity contribution in [2.45, 2.75) is 18.6 Å². The summed E-state index contributed by atoms with van der Waals surface area (Å²) >= 11 is 1.21. The van der Waals surface area contributed by atoms with Crippen molar-refractivity contribution in [3.63, 3.8) is 0 Å². The van der Waals surface area contributed by atoms with Crippen molar-refractivity contribution in [2.75, 3.05) is 11.6 Å². The van der Waals surface area contributed by atoms with Gasteiger partial charge in [0.15, 0.2) is 14.8 Å². The van der Waals surface area contributed by atoms with Gasteiger partial charge in [0.25, 0.3) is 0 Å². The van der Waals surface area contributed by atoms with E-state index in [1.807, 2.05) is 6.07 Å². The zero-order valence-electron chi connectivity index (χ0n) is 11.5. The third-order valence-corrected chi connectivity index (χ3v) is 5.30. The average Bonchev–Trinajstić information content (AvgIpc) is 2.87. The second kappa shape index (κ2) is 6.27. The Balaban J connectivity index is 2.02. The molecule has 0 aromatic carbocycles. The molecule has 0 aliphatic carbocycles. The molecule has 0 bridgehead atoms. The third kappa shape index (κ3) is 4.30. The minimum Gasteiger partial charge on any atom is -0.300 e. The van der Waals surface area contributed by atoms with E-state index in [9.17, 15) is 13.2 Å². The maximum absolute atomic E-state index is 11.8. The molecule has 1 N–H and O–H groups in total. The molecule has 21 heavy (non-hydrogen) atoms. The lowest BCUT2D eigenvalue weighted by molar-refractivity contribution is -0.116. The zero-order chi connectivity index (χ0) is 15.5. The third-order valence-electron chi connectivity index (χ3n) is 2.78. The van der Waals surface area contributed by atoms with Gasteiger partial charge in [-0.25, -0.2) is 8.42 Å². The van der Waals surface area contributed by atoms with Crippen molar-refractivity contribution >= 4 is 32.2 Å². The summed E-state index contributed by atoms with van der Waals surface area (Å²) in [6.07, 6.45) is 4.30. The standard InChI is InChI=1S/C12H14N4O3S2/c1-8(21(2,18)19)6-10(17)14-12-16-15-11(20-12)9-4-3-5-13-7-9/h3-5,7-8H,6H2,1-2H3,(H,14,16,17). The van der Waals surface area contributed by atoms with Crippen LogP contribution in [0.2, 0.25) is 0 Å². The summed E-state index contributed by atoms with van der Waals surface area (Å²) in [5, 5.41) is 10.6. The van der Waals surface area contributed by atoms with Crippen LogP contribution in [0.25, 0.3) is 10.6 Å². The van der Waals surface area contributed by atoms with Crippen LogP contribution in [0.3, 0.4) is 0 Å². The van der Waals surface area contributed by atoms with Gasteiger partial charge in [-0.15, -0.1) is 10.2 Å². The number of carbonyl (C=O) groups is 1. The van der Waals surface area contributed by atoms with Gasteiger partial charge in [-0.3, -0.25) is 9.78 Å². The molecule has 0 aliphatic heterocycles. The molecule has 112 valence electrons. The zero-order valence-corrected chi connectivity index (χ0v) is 13.1. The minimum atomic E-state index is -3.23. The monoisotopic (exact) mass is 326 g/mol. The smallest absolute Gasteiger partial charge is 0.227 e. The largest absolute Gasteiger partial charge is 0.300 e. The predicted octanol–water partition coefficient (Wildman–Crippen LogP) is 1.36. The highest BCUT2D eigenvalue weighted by Crippen LogP contribution is 2.25. The highest BCUT2D eigenvalue weighted by atomic mass is 32.2. The summed E-state index contributed by atoms with van der Waals surface area (Å²) in [5.41, 5.74) is 0.806. The van der Waals surface area contributed by atoms with Crippen molar-refractivity contribution < 1.29 is 13.2 Å². The van der Waals surface area contributed by atoms with Crippen LogP contribution in [-0.4, -0.2) is 41.0 Å². The minimum absolute atomic E-state index is 0.110. The molecular formula is C12H14N4O3S2. The molecule has 2 aromatic rings. The van der Waals surface area contributed by atoms with Crippen LogP contribution in [0.5, 0.6) is 0 Å². The van der Waals surface area contributed by atoms with E-state index in [4.69, 9.17) is 0 Å². The summed E-state index contributed by atoms with van der Waals surface area (Å²) in [6, 6.07) is 3.62. The van der Waals surface area contributed by atoms with Gasteiger partial charge in [0, 0.05) is 30.6 Å². The number of aromatic nitrogens is 3. The number of nitrogens with one attached hydrogen (secondary N) is 1. The molecule has 0 saturated carbocycles. The van der Waals surface area contributed by atoms with Crippen molar-refractivity contribution in [3.05, 3.63) is 24.5 Å². The first-order chi connectivity index (χ1) is 9.86. The molecule has 1 atom stereocenters. The number of pyridine rings is 1. The molecule has 0 aliphatic rings. The summed E-state index contributed by atoms with van der Waals surface area (Å²) in [7, 11) is -3.23. The number of hydrogen-bond acceptors (Lipinski definition) is 7. The fraction of sp³-hybridized carbons (Fsp3) is 0.333. The van der Waals surface area contributed by atoms with Crippen LogP contribution in [-0.2, 0) is 14.6 Å². The highest BCUT2D eigenvalue weighted by molar-refractivity contribution is 7.91. The van der Waals surface area contributed by atoms with Crippen LogP contribution in [0.4, 0.5) is 5.13 Å². The number of sulfone groups is 1. The molecule has 2 heterocycles. The maximum Gasteiger partial charge on any atom is 0.227 e. The summed E-state index contributed by atoms with van der Waals surface area (Å²) in [4.78, 5) is 15.7. The predicted molar refractivity (Wildman–Crippen MR) is 80.7 cm³/mol. The van der Waals surface area contributed by atoms with Crippen LogP contribution in [0.15, 0.2) is 24.5 Å². The Morgan fingerprint density at radius 2 is 2.19 bits per heavy atom. The molecule has 2 rings (SSSR count). The normalized spacial score (nSPS) is 12.9. The Labute approximate surface area is 126 Å². The fourth-order valence-corrected chi connectivity index (χ4v) is 2.67. The Hall–Kier alpha value is -1.87. The van der Waals surface area contributed by atoms with Gasteiger partial charge in [-0.2, -0.15) is 0 Å². The number of nitrogens with zero attached hydrogens (tertiary/aromatic N) is 3. The number of rotatable bonds is 5. The first-order valence-corrected chi connectivity index (χ1v) is 8.86. The fourth-order valence-electron chi connectivity index (χ4n) is 1.46. The quantitative estimate of drug-likeness (QED) is 0.890. The van der Waals surface area contributed by atoms with Gasteiger partial charge >= 0.3 is 0 Å². The van der Waals surface area contributed by atoms with E-state index in [0.717, 1.165) is 11.8 Å². The second-order valence-electron chi connectivity index (χ2n) is 4.55. The van der Waals surface area contributed by atoms with Gasteiger partial charge in [-0.1, -0.05) is 11.3 Å². The lowest BCUT2D eigenvalue weighted by Gasteiger charge is -2.07. The van der Waals surface area contributed by atoms with Crippen LogP contribution < -0.4 is 5.32 Å². The Kier molecular flexibility index (Phi) is 4.63. The average molecular weight is 326 g/mol. The van der Waals surface area contributed by atoms with Gasteiger partial charge < -0.3 is 5.32 Å². The van der Waals surface area contributed by atoms with Gasteiger partial charge in [-0.05, 0) is 19.1 Å². The Bertz CT molecular complexity index is 728. The van der Waals surface area contributed by atoms with E-state index in [1.54, 1.807) is 18.5 Å². The van der Waals surface area contributed by atoms with Crippen molar-refractivity contribution in [1.82, 2.24) is 15.2 Å². The van der Waals surface area contributed by atoms with E-state index in [-0.39, 0.29) is 6.42 Å². The molecule has 0 saturated heterocycles. The first kappa shape index (κ1) is 15.5. The van der Waals surface area contributed by atoms with Gasteiger partial charge in [0.2, 0.25) is 11.0 Å². The summed E-state index contributed by atoms with van der Waals surface area (Å²) in [5.74, 6) is -0.401. The van der Waals surface area contributed by atoms with E-state index >= 15 is 0 Å². The van der Waals surface area contributed by atoms with E-state index in [1.165, 1.54) is 18.3 Å². The van der Waals surface area contributed by atoms with Crippen molar-refractivity contribution in [3.8, 4) is 10.6 Å². The number of carbonyl (C=O) groups excluding carboxylic acids is 1. The van der Waals surface area contributed by atoms with E-state index in [0.29, 0.717) is 10.1 Å². The molecule has 9 heteroatoms.